The van der Waals surface area contributed by atoms with Crippen molar-refractivity contribution in [1.82, 2.24) is 14.5 Å². The number of benzene rings is 2. The van der Waals surface area contributed by atoms with Gasteiger partial charge in [-0.15, -0.1) is 0 Å². The molecule has 0 spiro atoms. The Morgan fingerprint density at radius 1 is 1.16 bits per heavy atom. The van der Waals surface area contributed by atoms with E-state index in [9.17, 15) is 8.42 Å². The maximum Gasteiger partial charge on any atom is 0.240 e. The number of hydrogen-bond acceptors (Lipinski definition) is 4. The number of aromatic nitrogens is 2. The highest BCUT2D eigenvalue weighted by molar-refractivity contribution is 9.10. The minimum atomic E-state index is -3.65. The van der Waals surface area contributed by atoms with Crippen LogP contribution in [-0.2, 0) is 16.6 Å². The lowest BCUT2D eigenvalue weighted by Crippen LogP contribution is -2.23. The van der Waals surface area contributed by atoms with Gasteiger partial charge in [-0.05, 0) is 52.3 Å². The van der Waals surface area contributed by atoms with E-state index in [-0.39, 0.29) is 11.4 Å². The van der Waals surface area contributed by atoms with Crippen LogP contribution in [0.2, 0.25) is 0 Å². The van der Waals surface area contributed by atoms with Crippen molar-refractivity contribution < 1.29 is 13.2 Å². The zero-order valence-corrected chi connectivity index (χ0v) is 15.8. The van der Waals surface area contributed by atoms with E-state index in [1.807, 2.05) is 30.3 Å². The van der Waals surface area contributed by atoms with Gasteiger partial charge in [-0.3, -0.25) is 0 Å². The molecule has 8 heteroatoms. The molecule has 0 fully saturated rings. The van der Waals surface area contributed by atoms with Crippen LogP contribution >= 0.6 is 15.9 Å². The number of sulfonamides is 1. The average molecular weight is 422 g/mol. The minimum Gasteiger partial charge on any atom is -0.496 e. The summed E-state index contributed by atoms with van der Waals surface area (Å²) in [4.78, 5) is 0.155. The molecule has 1 aromatic heterocycles. The van der Waals surface area contributed by atoms with Gasteiger partial charge in [-0.2, -0.15) is 5.10 Å². The van der Waals surface area contributed by atoms with E-state index in [1.165, 1.54) is 19.2 Å². The van der Waals surface area contributed by atoms with Crippen LogP contribution in [-0.4, -0.2) is 25.3 Å². The highest BCUT2D eigenvalue weighted by Gasteiger charge is 2.16. The average Bonchev–Trinajstić information content (AvgIpc) is 3.10. The summed E-state index contributed by atoms with van der Waals surface area (Å²) >= 11 is 3.29. The number of hydrogen-bond donors (Lipinski definition) is 1. The van der Waals surface area contributed by atoms with Crippen LogP contribution in [0.15, 0.2) is 70.2 Å². The number of methoxy groups -OCH3 is 1. The van der Waals surface area contributed by atoms with E-state index in [0.717, 1.165) is 5.69 Å². The second kappa shape index (κ2) is 7.38. The molecule has 130 valence electrons. The van der Waals surface area contributed by atoms with E-state index >= 15 is 0 Å². The predicted octanol–water partition coefficient (Wildman–Crippen LogP) is 3.12. The van der Waals surface area contributed by atoms with Crippen molar-refractivity contribution in [2.24, 2.45) is 0 Å². The molecule has 0 atom stereocenters. The summed E-state index contributed by atoms with van der Waals surface area (Å²) in [5.41, 5.74) is 1.54. The van der Waals surface area contributed by atoms with Crippen molar-refractivity contribution in [1.29, 1.82) is 0 Å². The lowest BCUT2D eigenvalue weighted by molar-refractivity contribution is 0.411. The summed E-state index contributed by atoms with van der Waals surface area (Å²) in [6, 6.07) is 16.0. The molecule has 6 nitrogen and oxygen atoms in total. The first kappa shape index (κ1) is 17.7. The Kier molecular flexibility index (Phi) is 5.22. The Bertz CT molecular complexity index is 972. The highest BCUT2D eigenvalue weighted by atomic mass is 79.9. The molecule has 0 amide bonds. The lowest BCUT2D eigenvalue weighted by Gasteiger charge is -2.08. The monoisotopic (exact) mass is 421 g/mol. The third kappa shape index (κ3) is 4.09. The van der Waals surface area contributed by atoms with Gasteiger partial charge >= 0.3 is 0 Å². The van der Waals surface area contributed by atoms with E-state index in [4.69, 9.17) is 4.74 Å². The molecular weight excluding hydrogens is 406 g/mol. The molecule has 0 saturated carbocycles. The Morgan fingerprint density at radius 3 is 2.60 bits per heavy atom. The Hall–Kier alpha value is -2.16. The van der Waals surface area contributed by atoms with Gasteiger partial charge in [0.1, 0.15) is 5.75 Å². The standard InChI is InChI=1S/C17H16BrN3O3S/c1-24-17-8-7-15(11-16(17)18)25(22,23)19-12-13-9-10-21(20-13)14-5-3-2-4-6-14/h2-11,19H,12H2,1H3. The molecule has 3 aromatic rings. The van der Waals surface area contributed by atoms with Crippen molar-refractivity contribution in [3.8, 4) is 11.4 Å². The summed E-state index contributed by atoms with van der Waals surface area (Å²) in [7, 11) is -2.12. The molecule has 25 heavy (non-hydrogen) atoms. The highest BCUT2D eigenvalue weighted by Crippen LogP contribution is 2.27. The van der Waals surface area contributed by atoms with Crippen LogP contribution < -0.4 is 9.46 Å². The topological polar surface area (TPSA) is 73.2 Å². The first-order chi connectivity index (χ1) is 12.0. The number of halogens is 1. The Labute approximate surface area is 154 Å². The van der Waals surface area contributed by atoms with Gasteiger partial charge in [-0.1, -0.05) is 18.2 Å². The summed E-state index contributed by atoms with van der Waals surface area (Å²) < 4.78 is 34.8. The normalized spacial score (nSPS) is 11.4. The van der Waals surface area contributed by atoms with E-state index in [2.05, 4.69) is 25.8 Å². The fourth-order valence-electron chi connectivity index (χ4n) is 2.25. The smallest absolute Gasteiger partial charge is 0.240 e. The van der Waals surface area contributed by atoms with Gasteiger partial charge in [0.15, 0.2) is 0 Å². The molecule has 0 aliphatic carbocycles. The number of ether oxygens (including phenoxy) is 1. The third-order valence-electron chi connectivity index (χ3n) is 3.54. The number of para-hydroxylation sites is 1. The molecule has 3 rings (SSSR count). The van der Waals surface area contributed by atoms with Crippen molar-refractivity contribution >= 4 is 26.0 Å². The summed E-state index contributed by atoms with van der Waals surface area (Å²) in [6.45, 7) is 0.103. The van der Waals surface area contributed by atoms with Crippen LogP contribution in [0.4, 0.5) is 0 Å². The van der Waals surface area contributed by atoms with Crippen LogP contribution in [0.1, 0.15) is 5.69 Å². The van der Waals surface area contributed by atoms with Gasteiger partial charge in [0.05, 0.1) is 34.4 Å². The largest absolute Gasteiger partial charge is 0.496 e. The van der Waals surface area contributed by atoms with Crippen LogP contribution in [0.25, 0.3) is 5.69 Å². The molecule has 0 aliphatic heterocycles. The predicted molar refractivity (Wildman–Crippen MR) is 98.3 cm³/mol. The first-order valence-electron chi connectivity index (χ1n) is 7.43. The number of nitrogens with zero attached hydrogens (tertiary/aromatic N) is 2. The number of rotatable bonds is 6. The molecule has 1 heterocycles. The molecule has 2 aromatic carbocycles. The van der Waals surface area contributed by atoms with Gasteiger partial charge in [0.2, 0.25) is 10.0 Å². The van der Waals surface area contributed by atoms with Crippen molar-refractivity contribution in [3.63, 3.8) is 0 Å². The van der Waals surface area contributed by atoms with Crippen LogP contribution in [0, 0.1) is 0 Å². The van der Waals surface area contributed by atoms with Crippen molar-refractivity contribution in [3.05, 3.63) is 71.0 Å². The van der Waals surface area contributed by atoms with Gasteiger partial charge in [-0.25, -0.2) is 17.8 Å². The Balaban J connectivity index is 1.72. The molecular formula is C17H16BrN3O3S. The molecule has 0 unspecified atom stereocenters. The fourth-order valence-corrected chi connectivity index (χ4v) is 3.96. The van der Waals surface area contributed by atoms with E-state index in [1.54, 1.807) is 23.0 Å². The second-order valence-electron chi connectivity index (χ2n) is 5.21. The quantitative estimate of drug-likeness (QED) is 0.663. The van der Waals surface area contributed by atoms with E-state index < -0.39 is 10.0 Å². The molecule has 1 N–H and O–H groups in total. The zero-order valence-electron chi connectivity index (χ0n) is 13.4. The van der Waals surface area contributed by atoms with Crippen LogP contribution in [0.3, 0.4) is 0 Å². The van der Waals surface area contributed by atoms with Crippen molar-refractivity contribution in [2.45, 2.75) is 11.4 Å². The summed E-state index contributed by atoms with van der Waals surface area (Å²) in [5, 5.41) is 4.38. The maximum absolute atomic E-state index is 12.4. The number of nitrogens with one attached hydrogen (secondary N) is 1. The second-order valence-corrected chi connectivity index (χ2v) is 7.83. The molecule has 0 radical (unpaired) electrons. The Morgan fingerprint density at radius 2 is 1.92 bits per heavy atom. The van der Waals surface area contributed by atoms with E-state index in [0.29, 0.717) is 15.9 Å². The lowest BCUT2D eigenvalue weighted by atomic mass is 10.3. The molecule has 0 saturated heterocycles. The molecule has 0 aliphatic rings. The zero-order chi connectivity index (χ0) is 17.9. The SMILES string of the molecule is COc1ccc(S(=O)(=O)NCc2ccn(-c3ccccc3)n2)cc1Br. The third-order valence-corrected chi connectivity index (χ3v) is 5.56. The van der Waals surface area contributed by atoms with Gasteiger partial charge < -0.3 is 4.74 Å². The summed E-state index contributed by atoms with van der Waals surface area (Å²) in [6.07, 6.45) is 1.79. The fraction of sp³-hybridized carbons (Fsp3) is 0.118. The molecule has 0 bridgehead atoms. The summed E-state index contributed by atoms with van der Waals surface area (Å²) in [5.74, 6) is 0.570. The maximum atomic E-state index is 12.4. The van der Waals surface area contributed by atoms with Gasteiger partial charge in [0, 0.05) is 6.20 Å². The van der Waals surface area contributed by atoms with Crippen LogP contribution in [0.5, 0.6) is 5.75 Å². The van der Waals surface area contributed by atoms with Gasteiger partial charge in [0.25, 0.3) is 0 Å². The first-order valence-corrected chi connectivity index (χ1v) is 9.70. The minimum absolute atomic E-state index is 0.103. The van der Waals surface area contributed by atoms with Crippen molar-refractivity contribution in [2.75, 3.05) is 7.11 Å².